The van der Waals surface area contributed by atoms with Crippen LogP contribution in [0.4, 0.5) is 13.2 Å². The molecule has 0 heterocycles. The molecule has 0 unspecified atom stereocenters. The minimum absolute atomic E-state index is 0.0101. The molecular formula is C14H15F3O3. The van der Waals surface area contributed by atoms with Crippen molar-refractivity contribution in [3.8, 4) is 5.75 Å². The van der Waals surface area contributed by atoms with Crippen LogP contribution in [0.2, 0.25) is 0 Å². The van der Waals surface area contributed by atoms with E-state index in [9.17, 15) is 23.1 Å². The van der Waals surface area contributed by atoms with Gasteiger partial charge in [-0.2, -0.15) is 13.2 Å². The Morgan fingerprint density at radius 3 is 2.35 bits per heavy atom. The van der Waals surface area contributed by atoms with Gasteiger partial charge in [-0.15, -0.1) is 0 Å². The Morgan fingerprint density at radius 1 is 1.30 bits per heavy atom. The monoisotopic (exact) mass is 288 g/mol. The molecule has 0 spiro atoms. The Balaban J connectivity index is 2.73. The van der Waals surface area contributed by atoms with Gasteiger partial charge in [0, 0.05) is 5.56 Å². The summed E-state index contributed by atoms with van der Waals surface area (Å²) in [5, 5.41) is 9.50. The molecule has 0 atom stereocenters. The number of rotatable bonds is 3. The van der Waals surface area contributed by atoms with E-state index in [0.29, 0.717) is 12.8 Å². The summed E-state index contributed by atoms with van der Waals surface area (Å²) in [6.45, 7) is 0. The second-order valence-corrected chi connectivity index (χ2v) is 4.97. The van der Waals surface area contributed by atoms with Crippen LogP contribution in [0.1, 0.15) is 36.8 Å². The summed E-state index contributed by atoms with van der Waals surface area (Å²) in [6.07, 6.45) is -3.00. The van der Waals surface area contributed by atoms with Gasteiger partial charge in [0.05, 0.1) is 18.1 Å². The quantitative estimate of drug-likeness (QED) is 0.924. The smallest absolute Gasteiger partial charge is 0.416 e. The second kappa shape index (κ2) is 5.00. The lowest BCUT2D eigenvalue weighted by Gasteiger charge is -2.29. The number of carboxylic acids is 1. The maximum Gasteiger partial charge on any atom is 0.416 e. The number of halogens is 3. The number of carboxylic acid groups (broad SMARTS) is 1. The van der Waals surface area contributed by atoms with Crippen molar-refractivity contribution in [2.45, 2.75) is 37.3 Å². The van der Waals surface area contributed by atoms with Crippen molar-refractivity contribution in [3.63, 3.8) is 0 Å². The highest BCUT2D eigenvalue weighted by molar-refractivity contribution is 5.83. The van der Waals surface area contributed by atoms with Gasteiger partial charge in [0.2, 0.25) is 0 Å². The van der Waals surface area contributed by atoms with Crippen LogP contribution in [-0.2, 0) is 16.4 Å². The summed E-state index contributed by atoms with van der Waals surface area (Å²) in [5.41, 5.74) is -2.65. The van der Waals surface area contributed by atoms with Crippen LogP contribution < -0.4 is 4.74 Å². The lowest BCUT2D eigenvalue weighted by Crippen LogP contribution is -2.35. The Labute approximate surface area is 114 Å². The summed E-state index contributed by atoms with van der Waals surface area (Å²) in [5.74, 6) is -1.23. The van der Waals surface area contributed by atoms with Crippen LogP contribution in [-0.4, -0.2) is 18.2 Å². The summed E-state index contributed by atoms with van der Waals surface area (Å²) < 4.78 is 44.6. The van der Waals surface area contributed by atoms with Crippen molar-refractivity contribution in [2.75, 3.05) is 7.11 Å². The highest BCUT2D eigenvalue weighted by Gasteiger charge is 2.50. The molecule has 1 aromatic rings. The van der Waals surface area contributed by atoms with Gasteiger partial charge in [-0.25, -0.2) is 0 Å². The molecule has 1 saturated carbocycles. The van der Waals surface area contributed by atoms with Gasteiger partial charge in [0.1, 0.15) is 5.75 Å². The highest BCUT2D eigenvalue weighted by Crippen LogP contribution is 2.49. The number of aliphatic carboxylic acids is 1. The zero-order valence-electron chi connectivity index (χ0n) is 11.0. The van der Waals surface area contributed by atoms with Gasteiger partial charge in [-0.05, 0) is 25.0 Å². The van der Waals surface area contributed by atoms with E-state index in [-0.39, 0.29) is 24.2 Å². The molecule has 1 aliphatic carbocycles. The summed E-state index contributed by atoms with van der Waals surface area (Å²) in [4.78, 5) is 11.6. The Hall–Kier alpha value is -1.72. The molecule has 1 N–H and O–H groups in total. The summed E-state index contributed by atoms with van der Waals surface area (Å²) >= 11 is 0. The van der Waals surface area contributed by atoms with E-state index in [4.69, 9.17) is 4.74 Å². The SMILES string of the molecule is COc1cccc(C(F)(F)F)c1C1(C(=O)O)CCCC1. The third kappa shape index (κ3) is 2.23. The van der Waals surface area contributed by atoms with E-state index in [0.717, 1.165) is 6.07 Å². The molecule has 1 aliphatic rings. The third-order valence-corrected chi connectivity index (χ3v) is 3.90. The van der Waals surface area contributed by atoms with E-state index < -0.39 is 23.1 Å². The first-order valence-corrected chi connectivity index (χ1v) is 6.31. The summed E-state index contributed by atoms with van der Waals surface area (Å²) in [6, 6.07) is 3.53. The number of benzene rings is 1. The maximum atomic E-state index is 13.2. The molecule has 2 rings (SSSR count). The molecule has 0 aliphatic heterocycles. The number of alkyl halides is 3. The fourth-order valence-corrected chi connectivity index (χ4v) is 2.98. The molecule has 0 amide bonds. The molecule has 0 saturated heterocycles. The minimum Gasteiger partial charge on any atom is -0.496 e. The molecular weight excluding hydrogens is 273 g/mol. The first-order chi connectivity index (χ1) is 9.33. The topological polar surface area (TPSA) is 46.5 Å². The van der Waals surface area contributed by atoms with Crippen molar-refractivity contribution < 1.29 is 27.8 Å². The van der Waals surface area contributed by atoms with Crippen molar-refractivity contribution in [1.29, 1.82) is 0 Å². The molecule has 110 valence electrons. The zero-order valence-corrected chi connectivity index (χ0v) is 11.0. The van der Waals surface area contributed by atoms with Crippen LogP contribution in [0.15, 0.2) is 18.2 Å². The number of ether oxygens (including phenoxy) is 1. The van der Waals surface area contributed by atoms with Crippen LogP contribution in [0, 0.1) is 0 Å². The predicted octanol–water partition coefficient (Wildman–Crippen LogP) is 3.61. The molecule has 0 bridgehead atoms. The van der Waals surface area contributed by atoms with Crippen molar-refractivity contribution in [2.24, 2.45) is 0 Å². The van der Waals surface area contributed by atoms with Crippen molar-refractivity contribution in [1.82, 2.24) is 0 Å². The molecule has 20 heavy (non-hydrogen) atoms. The Kier molecular flexibility index (Phi) is 3.67. The van der Waals surface area contributed by atoms with Gasteiger partial charge >= 0.3 is 12.1 Å². The van der Waals surface area contributed by atoms with Crippen LogP contribution in [0.25, 0.3) is 0 Å². The van der Waals surface area contributed by atoms with Crippen LogP contribution >= 0.6 is 0 Å². The Bertz CT molecular complexity index is 517. The standard InChI is InChI=1S/C14H15F3O3/c1-20-10-6-4-5-9(14(15,16)17)11(10)13(12(18)19)7-2-3-8-13/h4-6H,2-3,7-8H2,1H3,(H,18,19). The fourth-order valence-electron chi connectivity index (χ4n) is 2.98. The predicted molar refractivity (Wildman–Crippen MR) is 65.8 cm³/mol. The average Bonchev–Trinajstić information content (AvgIpc) is 2.87. The average molecular weight is 288 g/mol. The summed E-state index contributed by atoms with van der Waals surface area (Å²) in [7, 11) is 1.25. The molecule has 1 fully saturated rings. The fraction of sp³-hybridized carbons (Fsp3) is 0.500. The van der Waals surface area contributed by atoms with Gasteiger partial charge in [0.15, 0.2) is 0 Å². The van der Waals surface area contributed by atoms with E-state index in [2.05, 4.69) is 0 Å². The van der Waals surface area contributed by atoms with Gasteiger partial charge < -0.3 is 9.84 Å². The van der Waals surface area contributed by atoms with Crippen molar-refractivity contribution >= 4 is 5.97 Å². The minimum atomic E-state index is -4.60. The number of carbonyl (C=O) groups is 1. The highest BCUT2D eigenvalue weighted by atomic mass is 19.4. The second-order valence-electron chi connectivity index (χ2n) is 4.97. The largest absolute Gasteiger partial charge is 0.496 e. The number of hydrogen-bond donors (Lipinski definition) is 1. The van der Waals surface area contributed by atoms with Gasteiger partial charge in [-0.3, -0.25) is 4.79 Å². The molecule has 6 heteroatoms. The third-order valence-electron chi connectivity index (χ3n) is 3.90. The van der Waals surface area contributed by atoms with E-state index >= 15 is 0 Å². The van der Waals surface area contributed by atoms with Gasteiger partial charge in [-0.1, -0.05) is 18.9 Å². The van der Waals surface area contributed by atoms with Crippen molar-refractivity contribution in [3.05, 3.63) is 29.3 Å². The normalized spacial score (nSPS) is 18.0. The molecule has 0 aromatic heterocycles. The van der Waals surface area contributed by atoms with E-state index in [1.54, 1.807) is 0 Å². The molecule has 1 aromatic carbocycles. The van der Waals surface area contributed by atoms with Crippen LogP contribution in [0.5, 0.6) is 5.75 Å². The Morgan fingerprint density at radius 2 is 1.90 bits per heavy atom. The van der Waals surface area contributed by atoms with Crippen LogP contribution in [0.3, 0.4) is 0 Å². The molecule has 3 nitrogen and oxygen atoms in total. The zero-order chi connectivity index (χ0) is 15.0. The first kappa shape index (κ1) is 14.7. The van der Waals surface area contributed by atoms with E-state index in [1.165, 1.54) is 19.2 Å². The maximum absolute atomic E-state index is 13.2. The molecule has 0 radical (unpaired) electrons. The lowest BCUT2D eigenvalue weighted by molar-refractivity contribution is -0.146. The first-order valence-electron chi connectivity index (χ1n) is 6.31. The lowest BCUT2D eigenvalue weighted by atomic mass is 9.76. The van der Waals surface area contributed by atoms with E-state index in [1.807, 2.05) is 0 Å². The number of hydrogen-bond acceptors (Lipinski definition) is 2. The number of methoxy groups -OCH3 is 1. The van der Waals surface area contributed by atoms with Gasteiger partial charge in [0.25, 0.3) is 0 Å².